The second-order valence-corrected chi connectivity index (χ2v) is 13.9. The van der Waals surface area contributed by atoms with E-state index in [0.717, 1.165) is 44.1 Å². The molecule has 1 aromatic carbocycles. The SMILES string of the molecule is CC.CCCC(NC(=O)C1CCCN1C(=O)C(NC(=O)OCC(C)(C)C)C1CCCCC1)B(O)O.O=C(O)N1CCc2ccccc2C1. The number of likely N-dealkylation sites (tertiary alicyclic amines) is 1. The minimum Gasteiger partial charge on any atom is -0.465 e. The zero-order valence-electron chi connectivity index (χ0n) is 29.9. The van der Waals surface area contributed by atoms with Crippen LogP contribution in [0.15, 0.2) is 24.3 Å². The number of benzene rings is 1. The van der Waals surface area contributed by atoms with E-state index in [1.165, 1.54) is 10.5 Å². The van der Waals surface area contributed by atoms with Crippen LogP contribution in [-0.2, 0) is 27.3 Å². The third-order valence-corrected chi connectivity index (χ3v) is 8.82. The molecule has 5 N–H and O–H groups in total. The topological polar surface area (TPSA) is 169 Å². The van der Waals surface area contributed by atoms with Crippen molar-refractivity contribution in [2.24, 2.45) is 11.3 Å². The van der Waals surface area contributed by atoms with Crippen molar-refractivity contribution in [2.45, 2.75) is 130 Å². The molecule has 2 aliphatic heterocycles. The zero-order valence-corrected chi connectivity index (χ0v) is 29.9. The molecule has 1 saturated heterocycles. The number of hydrogen-bond acceptors (Lipinski definition) is 7. The predicted octanol–water partition coefficient (Wildman–Crippen LogP) is 4.74. The molecule has 48 heavy (non-hydrogen) atoms. The number of carboxylic acid groups (broad SMARTS) is 1. The van der Waals surface area contributed by atoms with Gasteiger partial charge in [0.2, 0.25) is 11.8 Å². The summed E-state index contributed by atoms with van der Waals surface area (Å²) < 4.78 is 5.37. The lowest BCUT2D eigenvalue weighted by Gasteiger charge is -2.35. The lowest BCUT2D eigenvalue weighted by Crippen LogP contribution is -2.58. The van der Waals surface area contributed by atoms with Crippen LogP contribution in [0.3, 0.4) is 0 Å². The summed E-state index contributed by atoms with van der Waals surface area (Å²) in [6.45, 7) is 13.6. The Morgan fingerprint density at radius 3 is 2.19 bits per heavy atom. The molecule has 3 unspecified atom stereocenters. The summed E-state index contributed by atoms with van der Waals surface area (Å²) in [7, 11) is -1.66. The van der Waals surface area contributed by atoms with E-state index in [1.807, 2.05) is 59.7 Å². The highest BCUT2D eigenvalue weighted by molar-refractivity contribution is 6.43. The third kappa shape index (κ3) is 12.9. The Morgan fingerprint density at radius 1 is 0.958 bits per heavy atom. The fourth-order valence-corrected chi connectivity index (χ4v) is 6.33. The van der Waals surface area contributed by atoms with Gasteiger partial charge in [-0.3, -0.25) is 9.59 Å². The van der Waals surface area contributed by atoms with Crippen molar-refractivity contribution in [1.82, 2.24) is 20.4 Å². The van der Waals surface area contributed by atoms with Crippen LogP contribution < -0.4 is 10.6 Å². The molecule has 1 aliphatic carbocycles. The maximum atomic E-state index is 13.6. The molecule has 0 spiro atoms. The Hall–Kier alpha value is -3.32. The van der Waals surface area contributed by atoms with Crippen LogP contribution in [0.5, 0.6) is 0 Å². The molecule has 2 heterocycles. The zero-order chi connectivity index (χ0) is 35.9. The number of hydrogen-bond donors (Lipinski definition) is 5. The number of fused-ring (bicyclic) bond motifs is 1. The van der Waals surface area contributed by atoms with Gasteiger partial charge in [0.05, 0.1) is 12.5 Å². The summed E-state index contributed by atoms with van der Waals surface area (Å²) in [5.41, 5.74) is 2.22. The Bertz CT molecular complexity index is 1170. The average molecular weight is 675 g/mol. The molecule has 4 amide bonds. The minimum atomic E-state index is -1.66. The van der Waals surface area contributed by atoms with E-state index < -0.39 is 37.3 Å². The monoisotopic (exact) mass is 674 g/mol. The molecule has 3 atom stereocenters. The molecule has 1 aromatic rings. The summed E-state index contributed by atoms with van der Waals surface area (Å²) in [5.74, 6) is -1.42. The van der Waals surface area contributed by atoms with Gasteiger partial charge in [-0.1, -0.05) is 91.5 Å². The molecule has 13 heteroatoms. The smallest absolute Gasteiger partial charge is 0.465 e. The minimum absolute atomic E-state index is 0.00449. The Kier molecular flexibility index (Phi) is 17.2. The van der Waals surface area contributed by atoms with Crippen molar-refractivity contribution in [2.75, 3.05) is 19.7 Å². The number of carbonyl (C=O) groups is 4. The molecule has 0 bridgehead atoms. The second-order valence-electron chi connectivity index (χ2n) is 13.9. The van der Waals surface area contributed by atoms with Crippen molar-refractivity contribution in [3.8, 4) is 0 Å². The van der Waals surface area contributed by atoms with Gasteiger partial charge in [0, 0.05) is 19.6 Å². The van der Waals surface area contributed by atoms with Crippen LogP contribution in [0.1, 0.15) is 110 Å². The first-order valence-corrected chi connectivity index (χ1v) is 17.8. The number of ether oxygens (including phenoxy) is 1. The van der Waals surface area contributed by atoms with Crippen molar-refractivity contribution >= 4 is 31.1 Å². The van der Waals surface area contributed by atoms with E-state index in [4.69, 9.17) is 9.84 Å². The van der Waals surface area contributed by atoms with Gasteiger partial charge >= 0.3 is 19.3 Å². The van der Waals surface area contributed by atoms with Crippen LogP contribution in [-0.4, -0.2) is 93.8 Å². The maximum Gasteiger partial charge on any atom is 0.475 e. The molecule has 12 nitrogen and oxygen atoms in total. The number of nitrogens with zero attached hydrogens (tertiary/aromatic N) is 2. The largest absolute Gasteiger partial charge is 0.475 e. The van der Waals surface area contributed by atoms with Gasteiger partial charge in [0.25, 0.3) is 0 Å². The van der Waals surface area contributed by atoms with Crippen molar-refractivity contribution in [3.63, 3.8) is 0 Å². The predicted molar refractivity (Wildman–Crippen MR) is 186 cm³/mol. The van der Waals surface area contributed by atoms with Gasteiger partial charge in [-0.15, -0.1) is 0 Å². The molecule has 2 fully saturated rings. The van der Waals surface area contributed by atoms with Crippen LogP contribution in [0.25, 0.3) is 0 Å². The molecule has 4 rings (SSSR count). The van der Waals surface area contributed by atoms with Crippen molar-refractivity contribution < 1.29 is 39.1 Å². The number of alkyl carbamates (subject to hydrolysis) is 1. The molecule has 1 saturated carbocycles. The fourth-order valence-electron chi connectivity index (χ4n) is 6.33. The summed E-state index contributed by atoms with van der Waals surface area (Å²) in [5, 5.41) is 33.4. The standard InChI is InChI=1S/C23H42BN3O6.C10H11NO2.C2H6/c1-5-10-18(24(31)32)25-20(28)17-13-9-14-27(17)21(29)19(16-11-7-6-8-12-16)26-22(30)33-15-23(2,3)4;12-10(13)11-6-5-8-3-1-2-4-9(8)7-11;1-2/h16-19,31-32H,5-15H2,1-4H3,(H,25,28)(H,26,30);1-4H,5-7H2,(H,12,13);1-2H3. The van der Waals surface area contributed by atoms with Crippen LogP contribution >= 0.6 is 0 Å². The van der Waals surface area contributed by atoms with Crippen LogP contribution in [0, 0.1) is 11.3 Å². The number of nitrogens with one attached hydrogen (secondary N) is 2. The van der Waals surface area contributed by atoms with Crippen molar-refractivity contribution in [3.05, 3.63) is 35.4 Å². The van der Waals surface area contributed by atoms with Gasteiger partial charge in [0.15, 0.2) is 0 Å². The van der Waals surface area contributed by atoms with E-state index in [0.29, 0.717) is 45.3 Å². The van der Waals surface area contributed by atoms with Crippen LogP contribution in [0.2, 0.25) is 0 Å². The molecule has 0 radical (unpaired) electrons. The summed E-state index contributed by atoms with van der Waals surface area (Å²) >= 11 is 0. The highest BCUT2D eigenvalue weighted by atomic mass is 16.5. The van der Waals surface area contributed by atoms with Gasteiger partial charge in [-0.05, 0) is 61.0 Å². The van der Waals surface area contributed by atoms with Crippen LogP contribution in [0.4, 0.5) is 9.59 Å². The van der Waals surface area contributed by atoms with Gasteiger partial charge in [-0.25, -0.2) is 9.59 Å². The third-order valence-electron chi connectivity index (χ3n) is 8.82. The fraction of sp³-hybridized carbons (Fsp3) is 0.714. The number of carbonyl (C=O) groups excluding carboxylic acids is 3. The molecule has 270 valence electrons. The molecule has 0 aromatic heterocycles. The number of rotatable bonds is 9. The Morgan fingerprint density at radius 2 is 1.60 bits per heavy atom. The number of amides is 4. The van der Waals surface area contributed by atoms with E-state index in [-0.39, 0.29) is 29.8 Å². The van der Waals surface area contributed by atoms with Gasteiger partial charge < -0.3 is 40.3 Å². The second kappa shape index (κ2) is 20.3. The summed E-state index contributed by atoms with van der Waals surface area (Å²) in [4.78, 5) is 52.8. The Balaban J connectivity index is 0.000000439. The molecular formula is C35H59BN4O8. The average Bonchev–Trinajstić information content (AvgIpc) is 3.57. The first kappa shape index (κ1) is 40.9. The van der Waals surface area contributed by atoms with Gasteiger partial charge in [-0.2, -0.15) is 0 Å². The van der Waals surface area contributed by atoms with E-state index in [9.17, 15) is 29.2 Å². The van der Waals surface area contributed by atoms with E-state index >= 15 is 0 Å². The summed E-state index contributed by atoms with van der Waals surface area (Å²) in [6.07, 6.45) is 6.50. The highest BCUT2D eigenvalue weighted by Gasteiger charge is 2.42. The van der Waals surface area contributed by atoms with Gasteiger partial charge in [0.1, 0.15) is 12.1 Å². The highest BCUT2D eigenvalue weighted by Crippen LogP contribution is 2.29. The Labute approximate surface area is 287 Å². The first-order valence-electron chi connectivity index (χ1n) is 17.8. The van der Waals surface area contributed by atoms with E-state index in [1.54, 1.807) is 4.90 Å². The lowest BCUT2D eigenvalue weighted by atomic mass is 9.76. The molecular weight excluding hydrogens is 615 g/mol. The quantitative estimate of drug-likeness (QED) is 0.234. The normalized spacial score (nSPS) is 18.9. The summed E-state index contributed by atoms with van der Waals surface area (Å²) in [6, 6.07) is 6.58. The molecule has 3 aliphatic rings. The van der Waals surface area contributed by atoms with Crippen molar-refractivity contribution in [1.29, 1.82) is 0 Å². The maximum absolute atomic E-state index is 13.6. The van der Waals surface area contributed by atoms with E-state index in [2.05, 4.69) is 16.7 Å². The first-order chi connectivity index (χ1) is 22.8. The lowest BCUT2D eigenvalue weighted by molar-refractivity contribution is -0.141.